The number of halogens is 1. The van der Waals surface area contributed by atoms with Gasteiger partial charge in [-0.25, -0.2) is 28.3 Å². The third-order valence-corrected chi connectivity index (χ3v) is 16.7. The first-order valence-corrected chi connectivity index (χ1v) is 28.6. The smallest absolute Gasteiger partial charge is 0.435 e. The van der Waals surface area contributed by atoms with Crippen molar-refractivity contribution < 1.29 is 67.3 Å². The molecule has 0 saturated heterocycles. The second kappa shape index (κ2) is 24.2. The predicted octanol–water partition coefficient (Wildman–Crippen LogP) is 7.99. The van der Waals surface area contributed by atoms with Crippen LogP contribution in [0.2, 0.25) is 0 Å². The lowest BCUT2D eigenvalue weighted by Gasteiger charge is -2.37. The Labute approximate surface area is 511 Å². The Kier molecular flexibility index (Phi) is 17.0. The number of carbonyl (C=O) groups excluding carboxylic acids is 4. The molecule has 0 aliphatic carbocycles. The van der Waals surface area contributed by atoms with Gasteiger partial charge in [-0.2, -0.15) is 0 Å². The van der Waals surface area contributed by atoms with Crippen LogP contribution in [0.3, 0.4) is 0 Å². The molecular weight excluding hydrogens is 1180 g/mol. The van der Waals surface area contributed by atoms with Gasteiger partial charge in [0.2, 0.25) is 0 Å². The van der Waals surface area contributed by atoms with Gasteiger partial charge in [-0.3, -0.25) is 9.59 Å². The molecule has 0 spiro atoms. The SMILES string of the molecule is CCC1(O)C(=O)OCc2c1cc1n(c2=O)Cc2cc3ccccc3cc2-1.CCC1(OCOC(C)(C)c2cnc([N+](=O)[O-])n2CC(=O)OC)C(=O)OCc2c1cc1n(c2=O)Cc2cc3ccccc3cc2-1.COC(=O)Cn1c(C(C)(C)OCCl)cnc1[N+](=O)[O-]. The van der Waals surface area contributed by atoms with Crippen molar-refractivity contribution in [3.05, 3.63) is 183 Å². The van der Waals surface area contributed by atoms with Gasteiger partial charge in [0.15, 0.2) is 24.3 Å². The van der Waals surface area contributed by atoms with Crippen molar-refractivity contribution in [3.8, 4) is 22.5 Å². The molecule has 89 heavy (non-hydrogen) atoms. The number of cyclic esters (lactones) is 2. The van der Waals surface area contributed by atoms with Gasteiger partial charge < -0.3 is 67.6 Å². The average molecular weight is 1240 g/mol. The lowest BCUT2D eigenvalue weighted by Crippen LogP contribution is -2.47. The zero-order valence-corrected chi connectivity index (χ0v) is 50.4. The number of pyridine rings is 2. The minimum Gasteiger partial charge on any atom is -0.467 e. The number of carbonyl (C=O) groups is 4. The first-order chi connectivity index (χ1) is 42.4. The average Bonchev–Trinajstić information content (AvgIpc) is 1.77. The first-order valence-electron chi connectivity index (χ1n) is 28.0. The Morgan fingerprint density at radius 3 is 1.51 bits per heavy atom. The fourth-order valence-corrected chi connectivity index (χ4v) is 12.0. The van der Waals surface area contributed by atoms with Crippen molar-refractivity contribution in [1.82, 2.24) is 28.2 Å². The monoisotopic (exact) mass is 1240 g/mol. The van der Waals surface area contributed by atoms with Crippen LogP contribution in [0.5, 0.6) is 0 Å². The molecule has 2 atom stereocenters. The van der Waals surface area contributed by atoms with E-state index >= 15 is 0 Å². The van der Waals surface area contributed by atoms with Crippen LogP contribution in [0.15, 0.2) is 107 Å². The number of aromatic nitrogens is 6. The molecule has 1 N–H and O–H groups in total. The summed E-state index contributed by atoms with van der Waals surface area (Å²) >= 11 is 5.51. The Bertz CT molecular complexity index is 4350. The fourth-order valence-electron chi connectivity index (χ4n) is 11.7. The quantitative estimate of drug-likeness (QED) is 0.0239. The highest BCUT2D eigenvalue weighted by Crippen LogP contribution is 2.44. The summed E-state index contributed by atoms with van der Waals surface area (Å²) in [5.74, 6) is -3.68. The molecule has 4 aromatic carbocycles. The van der Waals surface area contributed by atoms with Crippen molar-refractivity contribution in [3.63, 3.8) is 0 Å². The maximum absolute atomic E-state index is 13.8. The Hall–Kier alpha value is -9.47. The number of fused-ring (bicyclic) bond motifs is 10. The van der Waals surface area contributed by atoms with Gasteiger partial charge in [0.05, 0.1) is 49.8 Å². The molecule has 12 rings (SSSR count). The molecule has 0 fully saturated rings. The molecule has 4 aliphatic rings. The number of imidazole rings is 2. The van der Waals surface area contributed by atoms with Crippen molar-refractivity contribution in [2.24, 2.45) is 0 Å². The summed E-state index contributed by atoms with van der Waals surface area (Å²) in [4.78, 5) is 104. The molecule has 27 heteroatoms. The molecule has 464 valence electrons. The Morgan fingerprint density at radius 1 is 0.652 bits per heavy atom. The van der Waals surface area contributed by atoms with E-state index in [0.717, 1.165) is 58.6 Å². The van der Waals surface area contributed by atoms with E-state index in [0.29, 0.717) is 46.7 Å². The second-order valence-electron chi connectivity index (χ2n) is 22.3. The number of aliphatic hydroxyl groups is 1. The number of alkyl halides is 1. The van der Waals surface area contributed by atoms with Crippen LogP contribution in [0.4, 0.5) is 11.9 Å². The molecule has 0 radical (unpaired) electrons. The van der Waals surface area contributed by atoms with Crippen molar-refractivity contribution >= 4 is 68.9 Å². The first kappa shape index (κ1) is 62.6. The van der Waals surface area contributed by atoms with E-state index in [1.54, 1.807) is 56.7 Å². The van der Waals surface area contributed by atoms with Crippen LogP contribution in [0.1, 0.15) is 99.2 Å². The molecular formula is C62H61ClN8O18. The minimum atomic E-state index is -1.76. The van der Waals surface area contributed by atoms with E-state index < -0.39 is 81.4 Å². The molecule has 0 amide bonds. The van der Waals surface area contributed by atoms with Crippen LogP contribution in [-0.4, -0.2) is 94.1 Å². The number of hydrogen-bond donors (Lipinski definition) is 1. The largest absolute Gasteiger partial charge is 0.467 e. The normalized spacial score (nSPS) is 16.9. The summed E-state index contributed by atoms with van der Waals surface area (Å²) in [5.41, 5.74) is 1.43. The van der Waals surface area contributed by atoms with Gasteiger partial charge in [0.1, 0.15) is 61.1 Å². The number of nitrogens with zero attached hydrogens (tertiary/aromatic N) is 8. The van der Waals surface area contributed by atoms with Crippen molar-refractivity contribution in [1.29, 1.82) is 0 Å². The molecule has 8 heterocycles. The maximum Gasteiger partial charge on any atom is 0.435 e. The number of methoxy groups -OCH3 is 2. The zero-order chi connectivity index (χ0) is 64.1. The van der Waals surface area contributed by atoms with E-state index in [2.05, 4.69) is 43.7 Å². The lowest BCUT2D eigenvalue weighted by molar-refractivity contribution is -0.397. The van der Waals surface area contributed by atoms with E-state index in [4.69, 9.17) is 35.3 Å². The Balaban J connectivity index is 0.000000164. The van der Waals surface area contributed by atoms with Gasteiger partial charge in [0.25, 0.3) is 11.1 Å². The summed E-state index contributed by atoms with van der Waals surface area (Å²) < 4.78 is 42.9. The van der Waals surface area contributed by atoms with E-state index in [-0.39, 0.29) is 55.5 Å². The third-order valence-electron chi connectivity index (χ3n) is 16.6. The summed E-state index contributed by atoms with van der Waals surface area (Å²) in [6, 6.07) is 27.8. The number of nitro groups is 2. The number of rotatable bonds is 16. The maximum atomic E-state index is 13.8. The molecule has 0 saturated carbocycles. The second-order valence-corrected chi connectivity index (χ2v) is 22.5. The van der Waals surface area contributed by atoms with Crippen LogP contribution in [0.25, 0.3) is 44.1 Å². The van der Waals surface area contributed by atoms with Crippen LogP contribution in [-0.2, 0) is 114 Å². The van der Waals surface area contributed by atoms with Gasteiger partial charge in [-0.05, 0) is 119 Å². The molecule has 4 aromatic heterocycles. The van der Waals surface area contributed by atoms with Crippen molar-refractivity contribution in [2.45, 2.75) is 116 Å². The lowest BCUT2D eigenvalue weighted by atomic mass is 9.85. The van der Waals surface area contributed by atoms with Crippen LogP contribution >= 0.6 is 11.6 Å². The van der Waals surface area contributed by atoms with E-state index in [9.17, 15) is 54.1 Å². The minimum absolute atomic E-state index is 0.0894. The Morgan fingerprint density at radius 2 is 1.08 bits per heavy atom. The molecule has 26 nitrogen and oxygen atoms in total. The topological polar surface area (TPSA) is 319 Å². The summed E-state index contributed by atoms with van der Waals surface area (Å²) in [5, 5.41) is 37.6. The predicted molar refractivity (Wildman–Crippen MR) is 318 cm³/mol. The van der Waals surface area contributed by atoms with Crippen molar-refractivity contribution in [2.75, 3.05) is 27.1 Å². The van der Waals surface area contributed by atoms with Gasteiger partial charge in [0, 0.05) is 22.3 Å². The molecule has 4 aliphatic heterocycles. The summed E-state index contributed by atoms with van der Waals surface area (Å²) in [6.07, 6.45) is 2.83. The number of benzene rings is 4. The van der Waals surface area contributed by atoms with Gasteiger partial charge in [-0.1, -0.05) is 83.9 Å². The fraction of sp³-hybridized carbons (Fsp3) is 0.355. The highest BCUT2D eigenvalue weighted by atomic mass is 35.5. The number of esters is 4. The van der Waals surface area contributed by atoms with E-state index in [1.165, 1.54) is 26.6 Å². The molecule has 0 bridgehead atoms. The zero-order valence-electron chi connectivity index (χ0n) is 49.7. The summed E-state index contributed by atoms with van der Waals surface area (Å²) in [7, 11) is 2.37. The highest BCUT2D eigenvalue weighted by molar-refractivity contribution is 6.17. The standard InChI is InChI=1S/C31H30N4O9.C21H17NO4.C10H14ClN3O5/c1-5-31(44-17-43-30(2,3)25-13-32-29(35(39)40)34(25)15-26(36)41-4)23-12-24-21-11-19-9-7-6-8-18(19)10-20(21)14-33(24)27(37)22(23)16-42-28(31)38;1-2-21(25)17-9-18-15-8-13-6-4-3-5-12(13)7-14(15)10-22(18)19(23)16(17)11-26-20(21)24;1-10(2,19-6-11)7-4-12-9(14(16)17)13(7)5-8(15)18-3/h6-13H,5,14-17H2,1-4H3;3-9,25H,2,10-11H2,1H3;4H,5-6H2,1-3H3. The van der Waals surface area contributed by atoms with Crippen LogP contribution < -0.4 is 11.1 Å². The van der Waals surface area contributed by atoms with Crippen LogP contribution in [0, 0.1) is 20.2 Å². The number of hydrogen-bond acceptors (Lipinski definition) is 20. The third kappa shape index (κ3) is 11.2. The highest BCUT2D eigenvalue weighted by Gasteiger charge is 2.50. The molecule has 2 unspecified atom stereocenters. The van der Waals surface area contributed by atoms with Gasteiger partial charge in [-0.15, -0.1) is 0 Å². The summed E-state index contributed by atoms with van der Waals surface area (Å²) in [6.45, 7) is 9.43. The van der Waals surface area contributed by atoms with Gasteiger partial charge >= 0.3 is 35.8 Å². The molecule has 8 aromatic rings. The number of ether oxygens (including phenoxy) is 7. The van der Waals surface area contributed by atoms with E-state index in [1.807, 2.05) is 54.6 Å².